The van der Waals surface area contributed by atoms with E-state index < -0.39 is 4.92 Å². The molecule has 1 N–H and O–H groups in total. The monoisotopic (exact) mass is 474 g/mol. The molecule has 0 aliphatic carbocycles. The van der Waals surface area contributed by atoms with Gasteiger partial charge in [-0.15, -0.1) is 0 Å². The molecule has 1 fully saturated rings. The highest BCUT2D eigenvalue weighted by molar-refractivity contribution is 7.14. The Morgan fingerprint density at radius 2 is 2.00 bits per heavy atom. The highest BCUT2D eigenvalue weighted by Gasteiger charge is 2.27. The third kappa shape index (κ3) is 4.29. The van der Waals surface area contributed by atoms with Gasteiger partial charge in [0.15, 0.2) is 5.78 Å². The van der Waals surface area contributed by atoms with Crippen LogP contribution in [0.4, 0.5) is 23.0 Å². The van der Waals surface area contributed by atoms with Crippen molar-refractivity contribution in [2.24, 2.45) is 0 Å². The zero-order chi connectivity index (χ0) is 22.8. The van der Waals surface area contributed by atoms with E-state index in [1.54, 1.807) is 37.3 Å². The van der Waals surface area contributed by atoms with Crippen LogP contribution in [0, 0.1) is 17.0 Å². The molecular weight excluding hydrogens is 455 g/mol. The van der Waals surface area contributed by atoms with Gasteiger partial charge >= 0.3 is 5.69 Å². The van der Waals surface area contributed by atoms with E-state index in [1.165, 1.54) is 10.6 Å². The maximum absolute atomic E-state index is 13.3. The second-order valence-electron chi connectivity index (χ2n) is 7.11. The van der Waals surface area contributed by atoms with Crippen LogP contribution in [0.3, 0.4) is 0 Å². The van der Waals surface area contributed by atoms with Crippen LogP contribution in [-0.4, -0.2) is 51.5 Å². The van der Waals surface area contributed by atoms with Crippen LogP contribution in [-0.2, 0) is 4.74 Å². The van der Waals surface area contributed by atoms with E-state index in [0.717, 1.165) is 0 Å². The van der Waals surface area contributed by atoms with Crippen LogP contribution in [0.2, 0.25) is 5.02 Å². The maximum atomic E-state index is 13.3. The standard InChI is InChI=1S/C20H20ClN6O4P/c1-12-18(27(29)30)20(26(32)24-12)23-16-10-17(25-6-8-31-9-7-25)22-11-14(16)19(28)13-4-2-3-5-15(13)21/h2-5,10-11H,6-9,32H2,1H3,(H,22,23). The van der Waals surface area contributed by atoms with Crippen LogP contribution < -0.4 is 10.2 Å². The lowest BCUT2D eigenvalue weighted by Crippen LogP contribution is -2.36. The molecule has 0 spiro atoms. The molecule has 32 heavy (non-hydrogen) atoms. The van der Waals surface area contributed by atoms with Gasteiger partial charge in [0.05, 0.1) is 34.4 Å². The summed E-state index contributed by atoms with van der Waals surface area (Å²) in [5.74, 6) is 0.402. The molecule has 0 saturated carbocycles. The first kappa shape index (κ1) is 22.1. The number of nitro groups is 1. The number of ether oxygens (including phenoxy) is 1. The average molecular weight is 475 g/mol. The molecule has 0 radical (unpaired) electrons. The molecule has 1 saturated heterocycles. The first-order valence-corrected chi connectivity index (χ1v) is 10.6. The van der Waals surface area contributed by atoms with Gasteiger partial charge in [-0.3, -0.25) is 14.9 Å². The molecule has 0 amide bonds. The molecule has 3 aromatic rings. The zero-order valence-corrected chi connectivity index (χ0v) is 19.0. The number of rotatable bonds is 6. The highest BCUT2D eigenvalue weighted by Crippen LogP contribution is 2.35. The second-order valence-corrected chi connectivity index (χ2v) is 8.00. The third-order valence-electron chi connectivity index (χ3n) is 5.08. The topological polar surface area (TPSA) is 115 Å². The third-order valence-corrected chi connectivity index (χ3v) is 5.78. The normalized spacial score (nSPS) is 13.8. The van der Waals surface area contributed by atoms with Crippen molar-refractivity contribution in [2.75, 3.05) is 36.5 Å². The minimum Gasteiger partial charge on any atom is -0.378 e. The number of ketones is 1. The van der Waals surface area contributed by atoms with Gasteiger partial charge in [-0.1, -0.05) is 23.7 Å². The van der Waals surface area contributed by atoms with Crippen molar-refractivity contribution in [2.45, 2.75) is 6.92 Å². The fourth-order valence-electron chi connectivity index (χ4n) is 3.49. The number of nitrogens with one attached hydrogen (secondary N) is 1. The van der Waals surface area contributed by atoms with Crippen molar-refractivity contribution in [1.29, 1.82) is 0 Å². The number of carbonyl (C=O) groups is 1. The Balaban J connectivity index is 1.81. The first-order valence-electron chi connectivity index (χ1n) is 9.75. The Hall–Kier alpha value is -3.07. The molecule has 12 heteroatoms. The quantitative estimate of drug-likeness (QED) is 0.249. The van der Waals surface area contributed by atoms with Gasteiger partial charge in [0, 0.05) is 30.9 Å². The molecule has 1 unspecified atom stereocenters. The summed E-state index contributed by atoms with van der Waals surface area (Å²) >= 11 is 6.24. The summed E-state index contributed by atoms with van der Waals surface area (Å²) in [6, 6.07) is 8.40. The number of aromatic nitrogens is 3. The number of halogens is 1. The highest BCUT2D eigenvalue weighted by atomic mass is 35.5. The SMILES string of the molecule is Cc1nn(P)c(Nc2cc(N3CCOCC3)ncc2C(=O)c2ccccc2Cl)c1[N+](=O)[O-]. The lowest BCUT2D eigenvalue weighted by Gasteiger charge is -2.28. The number of carbonyl (C=O) groups excluding carboxylic acids is 1. The largest absolute Gasteiger partial charge is 0.378 e. The summed E-state index contributed by atoms with van der Waals surface area (Å²) in [6.45, 7) is 3.96. The fraction of sp³-hybridized carbons (Fsp3) is 0.250. The summed E-state index contributed by atoms with van der Waals surface area (Å²) in [7, 11) is 2.31. The van der Waals surface area contributed by atoms with Gasteiger partial charge in [-0.05, 0) is 28.4 Å². The van der Waals surface area contributed by atoms with Crippen LogP contribution in [0.1, 0.15) is 21.6 Å². The number of hydrogen-bond acceptors (Lipinski definition) is 8. The Morgan fingerprint density at radius 1 is 1.28 bits per heavy atom. The van der Waals surface area contributed by atoms with Crippen molar-refractivity contribution < 1.29 is 14.5 Å². The van der Waals surface area contributed by atoms with Crippen molar-refractivity contribution in [3.63, 3.8) is 0 Å². The number of hydrogen-bond donors (Lipinski definition) is 1. The summed E-state index contributed by atoms with van der Waals surface area (Å²) < 4.78 is 6.70. The maximum Gasteiger partial charge on any atom is 0.334 e. The smallest absolute Gasteiger partial charge is 0.334 e. The molecule has 0 bridgehead atoms. The predicted molar refractivity (Wildman–Crippen MR) is 124 cm³/mol. The molecule has 1 aliphatic rings. The summed E-state index contributed by atoms with van der Waals surface area (Å²) in [4.78, 5) is 30.9. The van der Waals surface area contributed by atoms with Gasteiger partial charge in [-0.2, -0.15) is 5.10 Å². The average Bonchev–Trinajstić information content (AvgIpc) is 3.07. The Bertz CT molecular complexity index is 1190. The minimum atomic E-state index is -0.509. The number of pyridine rings is 1. The predicted octanol–water partition coefficient (Wildman–Crippen LogP) is 3.60. The van der Waals surface area contributed by atoms with Gasteiger partial charge in [0.1, 0.15) is 11.5 Å². The molecule has 10 nitrogen and oxygen atoms in total. The molecule has 1 aliphatic heterocycles. The van der Waals surface area contributed by atoms with Gasteiger partial charge in [-0.25, -0.2) is 9.44 Å². The van der Waals surface area contributed by atoms with E-state index in [-0.39, 0.29) is 28.5 Å². The molecule has 4 rings (SSSR count). The first-order chi connectivity index (χ1) is 15.4. The van der Waals surface area contributed by atoms with Gasteiger partial charge in [0.2, 0.25) is 5.82 Å². The van der Waals surface area contributed by atoms with Crippen LogP contribution in [0.25, 0.3) is 0 Å². The number of aryl methyl sites for hydroxylation is 1. The lowest BCUT2D eigenvalue weighted by atomic mass is 10.0. The van der Waals surface area contributed by atoms with Crippen LogP contribution in [0.15, 0.2) is 36.5 Å². The summed E-state index contributed by atoms with van der Waals surface area (Å²) in [6.07, 6.45) is 1.46. The Kier molecular flexibility index (Phi) is 6.36. The van der Waals surface area contributed by atoms with E-state index in [0.29, 0.717) is 48.4 Å². The minimum absolute atomic E-state index is 0.129. The van der Waals surface area contributed by atoms with E-state index in [1.807, 2.05) is 4.90 Å². The Labute approximate surface area is 190 Å². The van der Waals surface area contributed by atoms with Crippen molar-refractivity contribution in [3.8, 4) is 0 Å². The van der Waals surface area contributed by atoms with E-state index >= 15 is 0 Å². The number of morpholine rings is 1. The van der Waals surface area contributed by atoms with Crippen LogP contribution in [0.5, 0.6) is 0 Å². The zero-order valence-electron chi connectivity index (χ0n) is 17.1. The molecule has 1 atom stereocenters. The molecule has 166 valence electrons. The number of nitrogens with zero attached hydrogens (tertiary/aromatic N) is 5. The number of anilines is 3. The summed E-state index contributed by atoms with van der Waals surface area (Å²) in [5, 5.41) is 19.1. The molecule has 1 aromatic carbocycles. The van der Waals surface area contributed by atoms with Crippen LogP contribution >= 0.6 is 21.0 Å². The van der Waals surface area contributed by atoms with E-state index in [2.05, 4.69) is 24.8 Å². The van der Waals surface area contributed by atoms with Crippen molar-refractivity contribution >= 4 is 49.8 Å². The van der Waals surface area contributed by atoms with Crippen molar-refractivity contribution in [1.82, 2.24) is 14.5 Å². The van der Waals surface area contributed by atoms with Gasteiger partial charge in [0.25, 0.3) is 0 Å². The summed E-state index contributed by atoms with van der Waals surface area (Å²) in [5.41, 5.74) is 0.962. The van der Waals surface area contributed by atoms with E-state index in [9.17, 15) is 14.9 Å². The molecule has 3 heterocycles. The number of benzene rings is 1. The Morgan fingerprint density at radius 3 is 2.69 bits per heavy atom. The second kappa shape index (κ2) is 9.20. The van der Waals surface area contributed by atoms with Gasteiger partial charge < -0.3 is 15.0 Å². The van der Waals surface area contributed by atoms with E-state index in [4.69, 9.17) is 16.3 Å². The lowest BCUT2D eigenvalue weighted by molar-refractivity contribution is -0.384. The molecule has 2 aromatic heterocycles. The molecular formula is C20H20ClN6O4P. The fourth-order valence-corrected chi connectivity index (χ4v) is 4.07. The van der Waals surface area contributed by atoms with Crippen molar-refractivity contribution in [3.05, 3.63) is 68.5 Å².